The highest BCUT2D eigenvalue weighted by Gasteiger charge is 2.31. The molecular formula is C22H25ClN6O. The second-order valence-electron chi connectivity index (χ2n) is 8.42. The van der Waals surface area contributed by atoms with E-state index in [1.807, 2.05) is 53.9 Å². The molecule has 1 saturated carbocycles. The van der Waals surface area contributed by atoms with E-state index in [0.717, 1.165) is 54.3 Å². The van der Waals surface area contributed by atoms with Gasteiger partial charge >= 0.3 is 0 Å². The van der Waals surface area contributed by atoms with Gasteiger partial charge in [-0.2, -0.15) is 5.10 Å². The molecule has 1 aliphatic heterocycles. The monoisotopic (exact) mass is 424 g/mol. The van der Waals surface area contributed by atoms with E-state index < -0.39 is 0 Å². The van der Waals surface area contributed by atoms with Crippen LogP contribution in [0.15, 0.2) is 30.5 Å². The first-order chi connectivity index (χ1) is 14.5. The van der Waals surface area contributed by atoms with Crippen molar-refractivity contribution in [2.75, 3.05) is 31.1 Å². The summed E-state index contributed by atoms with van der Waals surface area (Å²) in [6, 6.07) is 7.64. The van der Waals surface area contributed by atoms with Crippen molar-refractivity contribution >= 4 is 34.4 Å². The number of amides is 1. The molecule has 0 atom stereocenters. The van der Waals surface area contributed by atoms with Crippen molar-refractivity contribution in [2.24, 2.45) is 5.92 Å². The van der Waals surface area contributed by atoms with Crippen LogP contribution in [0.3, 0.4) is 0 Å². The topological polar surface area (TPSA) is 67.2 Å². The molecule has 2 aromatic heterocycles. The third-order valence-corrected chi connectivity index (χ3v) is 6.04. The van der Waals surface area contributed by atoms with Gasteiger partial charge in [-0.25, -0.2) is 14.6 Å². The predicted molar refractivity (Wildman–Crippen MR) is 117 cm³/mol. The Hall–Kier alpha value is -2.67. The molecule has 156 valence electrons. The maximum absolute atomic E-state index is 12.4. The van der Waals surface area contributed by atoms with Crippen LogP contribution in [0.2, 0.25) is 5.02 Å². The zero-order valence-electron chi connectivity index (χ0n) is 17.3. The first-order valence-corrected chi connectivity index (χ1v) is 10.9. The number of aromatic nitrogens is 4. The molecule has 0 unspecified atom stereocenters. The van der Waals surface area contributed by atoms with Crippen LogP contribution in [-0.2, 0) is 4.79 Å². The molecule has 0 bridgehead atoms. The summed E-state index contributed by atoms with van der Waals surface area (Å²) in [5, 5.41) is 6.21. The molecule has 3 heterocycles. The van der Waals surface area contributed by atoms with Gasteiger partial charge in [0.15, 0.2) is 5.65 Å². The van der Waals surface area contributed by atoms with Gasteiger partial charge in [0, 0.05) is 43.0 Å². The van der Waals surface area contributed by atoms with E-state index in [-0.39, 0.29) is 11.8 Å². The standard InChI is InChI=1S/C22H25ClN6O/c1-14(2)22(30)28-10-8-27(9-11-28)20-18-13-24-29(17-5-3-4-16(23)12-17)21(18)26-19(25-20)15-6-7-15/h3-5,12-15H,6-11H2,1-2H3. The van der Waals surface area contributed by atoms with Crippen LogP contribution in [0, 0.1) is 5.92 Å². The van der Waals surface area contributed by atoms with Crippen molar-refractivity contribution in [1.82, 2.24) is 24.6 Å². The molecule has 3 aromatic rings. The molecule has 0 N–H and O–H groups in total. The third-order valence-electron chi connectivity index (χ3n) is 5.81. The Kier molecular flexibility index (Phi) is 4.85. The fourth-order valence-electron chi connectivity index (χ4n) is 3.98. The average Bonchev–Trinajstić information content (AvgIpc) is 3.51. The average molecular weight is 425 g/mol. The number of benzene rings is 1. The second kappa shape index (κ2) is 7.54. The molecule has 2 fully saturated rings. The lowest BCUT2D eigenvalue weighted by Crippen LogP contribution is -2.50. The maximum Gasteiger partial charge on any atom is 0.225 e. The lowest BCUT2D eigenvalue weighted by atomic mass is 10.1. The molecule has 0 radical (unpaired) electrons. The number of fused-ring (bicyclic) bond motifs is 1. The molecule has 1 aromatic carbocycles. The van der Waals surface area contributed by atoms with Crippen molar-refractivity contribution in [3.05, 3.63) is 41.3 Å². The van der Waals surface area contributed by atoms with E-state index in [0.29, 0.717) is 24.0 Å². The first-order valence-electron chi connectivity index (χ1n) is 10.6. The number of hydrogen-bond donors (Lipinski definition) is 0. The lowest BCUT2D eigenvalue weighted by molar-refractivity contribution is -0.134. The summed E-state index contributed by atoms with van der Waals surface area (Å²) in [4.78, 5) is 26.4. The van der Waals surface area contributed by atoms with Gasteiger partial charge in [-0.15, -0.1) is 0 Å². The number of hydrogen-bond acceptors (Lipinski definition) is 5. The van der Waals surface area contributed by atoms with Crippen LogP contribution < -0.4 is 4.90 Å². The Bertz CT molecular complexity index is 1100. The van der Waals surface area contributed by atoms with Gasteiger partial charge in [0.25, 0.3) is 0 Å². The van der Waals surface area contributed by atoms with Crippen LogP contribution in [0.25, 0.3) is 16.7 Å². The molecule has 30 heavy (non-hydrogen) atoms. The Labute approximate surface area is 180 Å². The smallest absolute Gasteiger partial charge is 0.225 e. The van der Waals surface area contributed by atoms with Crippen molar-refractivity contribution in [3.63, 3.8) is 0 Å². The van der Waals surface area contributed by atoms with Crippen LogP contribution >= 0.6 is 11.6 Å². The lowest BCUT2D eigenvalue weighted by Gasteiger charge is -2.36. The summed E-state index contributed by atoms with van der Waals surface area (Å²) < 4.78 is 1.84. The predicted octanol–water partition coefficient (Wildman–Crippen LogP) is 3.65. The molecular weight excluding hydrogens is 400 g/mol. The largest absolute Gasteiger partial charge is 0.352 e. The number of carbonyl (C=O) groups excluding carboxylic acids is 1. The number of carbonyl (C=O) groups is 1. The van der Waals surface area contributed by atoms with E-state index in [2.05, 4.69) is 10.00 Å². The Balaban J connectivity index is 1.52. The number of rotatable bonds is 4. The summed E-state index contributed by atoms with van der Waals surface area (Å²) in [5.41, 5.74) is 1.70. The van der Waals surface area contributed by atoms with Gasteiger partial charge in [0.2, 0.25) is 5.91 Å². The number of nitrogens with zero attached hydrogens (tertiary/aromatic N) is 6. The molecule has 8 heteroatoms. The molecule has 2 aliphatic rings. The van der Waals surface area contributed by atoms with Gasteiger partial charge in [0.05, 0.1) is 17.3 Å². The third kappa shape index (κ3) is 3.51. The summed E-state index contributed by atoms with van der Waals surface area (Å²) in [6.45, 7) is 6.85. The molecule has 0 spiro atoms. The Morgan fingerprint density at radius 2 is 1.90 bits per heavy atom. The van der Waals surface area contributed by atoms with Crippen molar-refractivity contribution in [3.8, 4) is 5.69 Å². The van der Waals surface area contributed by atoms with Crippen molar-refractivity contribution in [2.45, 2.75) is 32.6 Å². The van der Waals surface area contributed by atoms with Gasteiger partial charge in [-0.3, -0.25) is 4.79 Å². The Morgan fingerprint density at radius 3 is 2.57 bits per heavy atom. The minimum absolute atomic E-state index is 0.0275. The van der Waals surface area contributed by atoms with Crippen molar-refractivity contribution in [1.29, 1.82) is 0 Å². The molecule has 1 aliphatic carbocycles. The minimum Gasteiger partial charge on any atom is -0.352 e. The SMILES string of the molecule is CC(C)C(=O)N1CCN(c2nc(C3CC3)nc3c2cnn3-c2cccc(Cl)c2)CC1. The molecule has 1 amide bonds. The maximum atomic E-state index is 12.4. The summed E-state index contributed by atoms with van der Waals surface area (Å²) in [7, 11) is 0. The Morgan fingerprint density at radius 1 is 1.13 bits per heavy atom. The van der Waals surface area contributed by atoms with E-state index in [9.17, 15) is 4.79 Å². The van der Waals surface area contributed by atoms with Crippen LogP contribution in [0.5, 0.6) is 0 Å². The van der Waals surface area contributed by atoms with Gasteiger partial charge in [0.1, 0.15) is 11.6 Å². The van der Waals surface area contributed by atoms with Crippen LogP contribution in [0.1, 0.15) is 38.4 Å². The van der Waals surface area contributed by atoms with Gasteiger partial charge in [-0.05, 0) is 31.0 Å². The zero-order valence-corrected chi connectivity index (χ0v) is 18.0. The van der Waals surface area contributed by atoms with E-state index >= 15 is 0 Å². The van der Waals surface area contributed by atoms with Crippen molar-refractivity contribution < 1.29 is 4.79 Å². The molecule has 5 rings (SSSR count). The van der Waals surface area contributed by atoms with E-state index in [1.54, 1.807) is 0 Å². The number of halogens is 1. The zero-order chi connectivity index (χ0) is 20.8. The molecule has 7 nitrogen and oxygen atoms in total. The summed E-state index contributed by atoms with van der Waals surface area (Å²) in [5.74, 6) is 2.49. The first kappa shape index (κ1) is 19.3. The van der Waals surface area contributed by atoms with E-state index in [1.165, 1.54) is 0 Å². The van der Waals surface area contributed by atoms with E-state index in [4.69, 9.17) is 21.6 Å². The summed E-state index contributed by atoms with van der Waals surface area (Å²) >= 11 is 6.20. The second-order valence-corrected chi connectivity index (χ2v) is 8.86. The fraction of sp³-hybridized carbons (Fsp3) is 0.455. The highest BCUT2D eigenvalue weighted by atomic mass is 35.5. The minimum atomic E-state index is 0.0275. The van der Waals surface area contributed by atoms with Gasteiger partial charge in [-0.1, -0.05) is 31.5 Å². The van der Waals surface area contributed by atoms with Gasteiger partial charge < -0.3 is 9.80 Å². The highest BCUT2D eigenvalue weighted by Crippen LogP contribution is 2.40. The number of piperazine rings is 1. The summed E-state index contributed by atoms with van der Waals surface area (Å²) in [6.07, 6.45) is 4.10. The van der Waals surface area contributed by atoms with Crippen LogP contribution in [0.4, 0.5) is 5.82 Å². The fourth-order valence-corrected chi connectivity index (χ4v) is 4.16. The number of anilines is 1. The normalized spacial score (nSPS) is 17.2. The van der Waals surface area contributed by atoms with Crippen LogP contribution in [-0.4, -0.2) is 56.7 Å². The molecule has 1 saturated heterocycles. The quantitative estimate of drug-likeness (QED) is 0.639. The highest BCUT2D eigenvalue weighted by molar-refractivity contribution is 6.30.